The highest BCUT2D eigenvalue weighted by Crippen LogP contribution is 2.34. The Morgan fingerprint density at radius 1 is 1.03 bits per heavy atom. The van der Waals surface area contributed by atoms with Crippen molar-refractivity contribution in [1.82, 2.24) is 10.4 Å². The molecule has 7 nitrogen and oxygen atoms in total. The molecule has 1 fully saturated rings. The number of thioether (sulfide) groups is 1. The van der Waals surface area contributed by atoms with E-state index in [9.17, 15) is 27.6 Å². The molecule has 0 unspecified atom stereocenters. The lowest BCUT2D eigenvalue weighted by Gasteiger charge is -2.15. The Kier molecular flexibility index (Phi) is 7.54. The fourth-order valence-corrected chi connectivity index (χ4v) is 5.21. The number of hydrogen-bond donors (Lipinski definition) is 3. The summed E-state index contributed by atoms with van der Waals surface area (Å²) >= 11 is 7.50. The number of carbonyl (C=O) groups excluding carboxylic acids is 2. The monoisotopic (exact) mass is 549 g/mol. The molecule has 1 saturated heterocycles. The van der Waals surface area contributed by atoms with Crippen LogP contribution in [0.3, 0.4) is 0 Å². The van der Waals surface area contributed by atoms with E-state index < -0.39 is 41.8 Å². The lowest BCUT2D eigenvalue weighted by molar-refractivity contribution is -0.124. The van der Waals surface area contributed by atoms with Gasteiger partial charge in [-0.1, -0.05) is 30.0 Å². The summed E-state index contributed by atoms with van der Waals surface area (Å²) in [5, 5.41) is 13.9. The number of thiocarbonyl (C=S) groups is 1. The highest BCUT2D eigenvalue weighted by atomic mass is 32.2. The quantitative estimate of drug-likeness (QED) is 0.286. The van der Waals surface area contributed by atoms with Crippen molar-refractivity contribution in [3.63, 3.8) is 0 Å². The van der Waals surface area contributed by atoms with Crippen molar-refractivity contribution in [2.45, 2.75) is 0 Å². The van der Waals surface area contributed by atoms with Crippen LogP contribution in [-0.4, -0.2) is 38.8 Å². The first-order valence-corrected chi connectivity index (χ1v) is 12.1. The Morgan fingerprint density at radius 2 is 1.81 bits per heavy atom. The first-order chi connectivity index (χ1) is 17.1. The fraction of sp³-hybridized carbons (Fsp3) is 0.0435. The molecule has 184 valence electrons. The van der Waals surface area contributed by atoms with Crippen LogP contribution in [-0.2, 0) is 9.59 Å². The van der Waals surface area contributed by atoms with Gasteiger partial charge in [0.2, 0.25) is 5.91 Å². The van der Waals surface area contributed by atoms with Gasteiger partial charge in [0.05, 0.1) is 22.7 Å². The molecule has 0 spiro atoms. The van der Waals surface area contributed by atoms with Crippen molar-refractivity contribution in [2.24, 2.45) is 0 Å². The first-order valence-electron chi connectivity index (χ1n) is 10.0. The second-order valence-corrected chi connectivity index (χ2v) is 9.89. The van der Waals surface area contributed by atoms with E-state index in [0.717, 1.165) is 47.1 Å². The number of thiophene rings is 1. The number of rotatable bonds is 7. The molecule has 1 aliphatic heterocycles. The van der Waals surface area contributed by atoms with Crippen LogP contribution in [0.5, 0.6) is 0 Å². The highest BCUT2D eigenvalue weighted by molar-refractivity contribution is 8.26. The van der Waals surface area contributed by atoms with E-state index in [1.165, 1.54) is 17.4 Å². The lowest BCUT2D eigenvalue weighted by Crippen LogP contribution is -2.45. The molecule has 0 bridgehead atoms. The Bertz CT molecular complexity index is 1440. The molecular formula is C23H14F3N3O4S3. The molecule has 3 N–H and O–H groups in total. The van der Waals surface area contributed by atoms with Gasteiger partial charge in [0.25, 0.3) is 5.91 Å². The summed E-state index contributed by atoms with van der Waals surface area (Å²) in [6, 6.07) is 8.33. The molecule has 3 aromatic rings. The van der Waals surface area contributed by atoms with Gasteiger partial charge in [0.1, 0.15) is 5.82 Å². The normalized spacial score (nSPS) is 14.5. The van der Waals surface area contributed by atoms with E-state index in [-0.39, 0.29) is 20.5 Å². The van der Waals surface area contributed by atoms with Crippen molar-refractivity contribution >= 4 is 69.2 Å². The third kappa shape index (κ3) is 5.65. The second kappa shape index (κ2) is 10.6. The standard InChI is InChI=1S/C23H14F3N3O4S3/c24-15-3-1-11(6-16(15)25)13-5-14(35-10-13)8-19-21(31)29(23(34)36-19)27-9-20(30)28-18-4-2-12(22(32)33)7-17(18)26/h1-8,10,27H,9H2,(H,28,30)(H,32,33). The number of hydrogen-bond acceptors (Lipinski definition) is 7. The number of carbonyl (C=O) groups is 3. The van der Waals surface area contributed by atoms with Crippen LogP contribution >= 0.6 is 35.3 Å². The maximum Gasteiger partial charge on any atom is 0.335 e. The van der Waals surface area contributed by atoms with Crippen LogP contribution in [0.25, 0.3) is 17.2 Å². The molecule has 2 aromatic carbocycles. The second-order valence-electron chi connectivity index (χ2n) is 7.27. The topological polar surface area (TPSA) is 98.7 Å². The Morgan fingerprint density at radius 3 is 2.50 bits per heavy atom. The minimum atomic E-state index is -1.31. The average Bonchev–Trinajstić information content (AvgIpc) is 3.40. The molecule has 0 radical (unpaired) electrons. The van der Waals surface area contributed by atoms with Crippen LogP contribution in [0.15, 0.2) is 52.7 Å². The van der Waals surface area contributed by atoms with Crippen molar-refractivity contribution in [1.29, 1.82) is 0 Å². The predicted octanol–water partition coefficient (Wildman–Crippen LogP) is 4.88. The van der Waals surface area contributed by atoms with Gasteiger partial charge >= 0.3 is 5.97 Å². The summed E-state index contributed by atoms with van der Waals surface area (Å²) in [7, 11) is 0. The van der Waals surface area contributed by atoms with Gasteiger partial charge < -0.3 is 10.4 Å². The highest BCUT2D eigenvalue weighted by Gasteiger charge is 2.32. The van der Waals surface area contributed by atoms with Crippen molar-refractivity contribution < 1.29 is 32.7 Å². The van der Waals surface area contributed by atoms with E-state index in [1.807, 2.05) is 0 Å². The molecule has 1 aliphatic rings. The average molecular weight is 550 g/mol. The maximum absolute atomic E-state index is 14.0. The Hall–Kier alpha value is -3.52. The zero-order valence-electron chi connectivity index (χ0n) is 17.9. The van der Waals surface area contributed by atoms with E-state index in [0.29, 0.717) is 16.0 Å². The number of nitrogens with one attached hydrogen (secondary N) is 2. The van der Waals surface area contributed by atoms with Gasteiger partial charge in [-0.15, -0.1) is 11.3 Å². The number of aromatic carboxylic acids is 1. The van der Waals surface area contributed by atoms with Crippen LogP contribution in [0.2, 0.25) is 0 Å². The zero-order valence-corrected chi connectivity index (χ0v) is 20.3. The van der Waals surface area contributed by atoms with Crippen LogP contribution < -0.4 is 10.7 Å². The van der Waals surface area contributed by atoms with Gasteiger partial charge in [0, 0.05) is 4.88 Å². The largest absolute Gasteiger partial charge is 0.478 e. The number of halogens is 3. The van der Waals surface area contributed by atoms with Crippen molar-refractivity contribution in [2.75, 3.05) is 11.9 Å². The summed E-state index contributed by atoms with van der Waals surface area (Å²) < 4.78 is 40.9. The smallest absolute Gasteiger partial charge is 0.335 e. The number of hydrazine groups is 1. The molecular weight excluding hydrogens is 535 g/mol. The lowest BCUT2D eigenvalue weighted by atomic mass is 10.1. The molecule has 2 amide bonds. The number of anilines is 1. The van der Waals surface area contributed by atoms with E-state index in [4.69, 9.17) is 17.3 Å². The summed E-state index contributed by atoms with van der Waals surface area (Å²) in [4.78, 5) is 36.8. The van der Waals surface area contributed by atoms with E-state index in [1.54, 1.807) is 17.5 Å². The zero-order chi connectivity index (χ0) is 26.0. The van der Waals surface area contributed by atoms with Crippen LogP contribution in [0, 0.1) is 17.5 Å². The molecule has 13 heteroatoms. The van der Waals surface area contributed by atoms with Crippen LogP contribution in [0.4, 0.5) is 18.9 Å². The number of carboxylic acids is 1. The minimum absolute atomic E-state index is 0.147. The molecule has 0 saturated carbocycles. The summed E-state index contributed by atoms with van der Waals surface area (Å²) in [5.41, 5.74) is 3.24. The molecule has 36 heavy (non-hydrogen) atoms. The molecule has 0 aliphatic carbocycles. The van der Waals surface area contributed by atoms with Gasteiger partial charge in [-0.3, -0.25) is 9.59 Å². The van der Waals surface area contributed by atoms with Gasteiger partial charge in [0.15, 0.2) is 16.0 Å². The summed E-state index contributed by atoms with van der Waals surface area (Å²) in [5.74, 6) is -5.33. The van der Waals surface area contributed by atoms with E-state index in [2.05, 4.69) is 10.7 Å². The molecule has 4 rings (SSSR count). The Balaban J connectivity index is 1.38. The van der Waals surface area contributed by atoms with Crippen LogP contribution in [0.1, 0.15) is 15.2 Å². The van der Waals surface area contributed by atoms with Gasteiger partial charge in [-0.2, -0.15) is 0 Å². The fourth-order valence-electron chi connectivity index (χ4n) is 3.08. The summed E-state index contributed by atoms with van der Waals surface area (Å²) in [6.07, 6.45) is 1.59. The predicted molar refractivity (Wildman–Crippen MR) is 135 cm³/mol. The molecule has 2 heterocycles. The van der Waals surface area contributed by atoms with Crippen molar-refractivity contribution in [3.05, 3.63) is 80.6 Å². The SMILES string of the molecule is O=C(CNN1C(=O)C(=Cc2cc(-c3ccc(F)c(F)c3)cs2)SC1=S)Nc1ccc(C(=O)O)cc1F. The number of benzene rings is 2. The number of nitrogens with zero attached hydrogens (tertiary/aromatic N) is 1. The molecule has 1 aromatic heterocycles. The third-order valence-electron chi connectivity index (χ3n) is 4.83. The first kappa shape index (κ1) is 25.6. The number of carboxylic acid groups (broad SMARTS) is 1. The minimum Gasteiger partial charge on any atom is -0.478 e. The van der Waals surface area contributed by atoms with Crippen molar-refractivity contribution in [3.8, 4) is 11.1 Å². The maximum atomic E-state index is 14.0. The third-order valence-corrected chi connectivity index (χ3v) is 7.01. The number of amides is 2. The summed E-state index contributed by atoms with van der Waals surface area (Å²) in [6.45, 7) is -0.418. The van der Waals surface area contributed by atoms with E-state index >= 15 is 0 Å². The van der Waals surface area contributed by atoms with Gasteiger partial charge in [-0.25, -0.2) is 28.4 Å². The Labute approximate surface area is 215 Å². The molecule has 0 atom stereocenters. The van der Waals surface area contributed by atoms with Gasteiger partial charge in [-0.05, 0) is 59.0 Å².